The van der Waals surface area contributed by atoms with Crippen molar-refractivity contribution in [2.75, 3.05) is 20.3 Å². The average Bonchev–Trinajstić information content (AvgIpc) is 2.46. The van der Waals surface area contributed by atoms with Crippen molar-refractivity contribution in [1.82, 2.24) is 0 Å². The average molecular weight is 259 g/mol. The standard InChI is InChI=1S/C16H21NO2/c1-16(11-17,7-8-18)14-5-3-13-10-15(19-2)6-4-12(13)9-14/h3-6,9-10,18H,7-8,11,17H2,1-2H3. The van der Waals surface area contributed by atoms with Gasteiger partial charge in [-0.15, -0.1) is 0 Å². The molecule has 3 heteroatoms. The van der Waals surface area contributed by atoms with Crippen molar-refractivity contribution in [2.24, 2.45) is 5.73 Å². The number of aliphatic hydroxyl groups is 1. The Morgan fingerprint density at radius 2 is 1.84 bits per heavy atom. The second-order valence-electron chi connectivity index (χ2n) is 5.17. The fraction of sp³-hybridized carbons (Fsp3) is 0.375. The van der Waals surface area contributed by atoms with Gasteiger partial charge in [0.05, 0.1) is 7.11 Å². The lowest BCUT2D eigenvalue weighted by molar-refractivity contribution is 0.247. The van der Waals surface area contributed by atoms with Crippen molar-refractivity contribution in [3.05, 3.63) is 42.0 Å². The molecule has 3 nitrogen and oxygen atoms in total. The van der Waals surface area contributed by atoms with Crippen LogP contribution in [0, 0.1) is 0 Å². The highest BCUT2D eigenvalue weighted by atomic mass is 16.5. The fourth-order valence-corrected chi connectivity index (χ4v) is 2.34. The summed E-state index contributed by atoms with van der Waals surface area (Å²) in [7, 11) is 1.67. The number of aliphatic hydroxyl groups excluding tert-OH is 1. The van der Waals surface area contributed by atoms with E-state index in [-0.39, 0.29) is 12.0 Å². The third-order valence-corrected chi connectivity index (χ3v) is 3.86. The number of nitrogens with two attached hydrogens (primary N) is 1. The van der Waals surface area contributed by atoms with E-state index in [1.165, 1.54) is 5.56 Å². The molecule has 1 atom stereocenters. The Labute approximate surface area is 114 Å². The van der Waals surface area contributed by atoms with Gasteiger partial charge in [-0.25, -0.2) is 0 Å². The zero-order chi connectivity index (χ0) is 13.9. The molecule has 2 aromatic rings. The van der Waals surface area contributed by atoms with Crippen LogP contribution in [0.3, 0.4) is 0 Å². The van der Waals surface area contributed by atoms with E-state index < -0.39 is 0 Å². The quantitative estimate of drug-likeness (QED) is 0.867. The molecule has 0 saturated carbocycles. The smallest absolute Gasteiger partial charge is 0.119 e. The van der Waals surface area contributed by atoms with Crippen LogP contribution < -0.4 is 10.5 Å². The van der Waals surface area contributed by atoms with E-state index in [0.29, 0.717) is 13.0 Å². The topological polar surface area (TPSA) is 55.5 Å². The van der Waals surface area contributed by atoms with Crippen LogP contribution in [0.1, 0.15) is 18.9 Å². The maximum absolute atomic E-state index is 9.20. The molecule has 0 aromatic heterocycles. The molecular weight excluding hydrogens is 238 g/mol. The van der Waals surface area contributed by atoms with Crippen LogP contribution in [0.4, 0.5) is 0 Å². The van der Waals surface area contributed by atoms with Crippen molar-refractivity contribution in [2.45, 2.75) is 18.8 Å². The van der Waals surface area contributed by atoms with Crippen molar-refractivity contribution >= 4 is 10.8 Å². The van der Waals surface area contributed by atoms with Crippen LogP contribution in [-0.2, 0) is 5.41 Å². The molecular formula is C16H21NO2. The van der Waals surface area contributed by atoms with Gasteiger partial charge in [0.15, 0.2) is 0 Å². The molecule has 2 aromatic carbocycles. The van der Waals surface area contributed by atoms with Crippen LogP contribution >= 0.6 is 0 Å². The molecule has 0 radical (unpaired) electrons. The molecule has 0 saturated heterocycles. The first-order valence-electron chi connectivity index (χ1n) is 6.52. The molecule has 2 rings (SSSR count). The number of rotatable bonds is 5. The Morgan fingerprint density at radius 3 is 2.47 bits per heavy atom. The van der Waals surface area contributed by atoms with Crippen molar-refractivity contribution in [1.29, 1.82) is 0 Å². The monoisotopic (exact) mass is 259 g/mol. The van der Waals surface area contributed by atoms with Crippen LogP contribution in [0.15, 0.2) is 36.4 Å². The lowest BCUT2D eigenvalue weighted by atomic mass is 9.79. The van der Waals surface area contributed by atoms with Gasteiger partial charge in [0.2, 0.25) is 0 Å². The van der Waals surface area contributed by atoms with E-state index in [2.05, 4.69) is 25.1 Å². The van der Waals surface area contributed by atoms with Gasteiger partial charge in [0.1, 0.15) is 5.75 Å². The van der Waals surface area contributed by atoms with E-state index in [1.807, 2.05) is 18.2 Å². The van der Waals surface area contributed by atoms with Crippen LogP contribution in [0.25, 0.3) is 10.8 Å². The molecule has 102 valence electrons. The summed E-state index contributed by atoms with van der Waals surface area (Å²) in [6.45, 7) is 2.76. The molecule has 0 heterocycles. The largest absolute Gasteiger partial charge is 0.497 e. The summed E-state index contributed by atoms with van der Waals surface area (Å²) in [6.07, 6.45) is 0.672. The number of fused-ring (bicyclic) bond motifs is 1. The number of hydrogen-bond acceptors (Lipinski definition) is 3. The minimum Gasteiger partial charge on any atom is -0.497 e. The molecule has 0 amide bonds. The number of hydrogen-bond donors (Lipinski definition) is 2. The van der Waals surface area contributed by atoms with Gasteiger partial charge in [0, 0.05) is 18.6 Å². The fourth-order valence-electron chi connectivity index (χ4n) is 2.34. The zero-order valence-corrected chi connectivity index (χ0v) is 11.5. The first kappa shape index (κ1) is 13.8. The van der Waals surface area contributed by atoms with E-state index in [0.717, 1.165) is 16.5 Å². The van der Waals surface area contributed by atoms with Gasteiger partial charge in [-0.05, 0) is 34.9 Å². The minimum atomic E-state index is -0.178. The van der Waals surface area contributed by atoms with E-state index in [9.17, 15) is 5.11 Å². The SMILES string of the molecule is COc1ccc2cc(C(C)(CN)CCO)ccc2c1. The highest BCUT2D eigenvalue weighted by molar-refractivity contribution is 5.84. The third kappa shape index (κ3) is 2.72. The first-order chi connectivity index (χ1) is 9.12. The van der Waals surface area contributed by atoms with E-state index in [4.69, 9.17) is 10.5 Å². The number of methoxy groups -OCH3 is 1. The van der Waals surface area contributed by atoms with Gasteiger partial charge in [-0.2, -0.15) is 0 Å². The predicted octanol–water partition coefficient (Wildman–Crippen LogP) is 2.45. The summed E-state index contributed by atoms with van der Waals surface area (Å²) in [4.78, 5) is 0. The van der Waals surface area contributed by atoms with E-state index >= 15 is 0 Å². The van der Waals surface area contributed by atoms with Crippen molar-refractivity contribution < 1.29 is 9.84 Å². The van der Waals surface area contributed by atoms with Gasteiger partial charge in [-0.3, -0.25) is 0 Å². The van der Waals surface area contributed by atoms with Gasteiger partial charge in [-0.1, -0.05) is 31.2 Å². The number of benzene rings is 2. The second kappa shape index (κ2) is 5.59. The summed E-state index contributed by atoms with van der Waals surface area (Å²) < 4.78 is 5.23. The Balaban J connectivity index is 2.46. The summed E-state index contributed by atoms with van der Waals surface area (Å²) in [5.41, 5.74) is 6.87. The summed E-state index contributed by atoms with van der Waals surface area (Å²) in [6, 6.07) is 12.3. The van der Waals surface area contributed by atoms with Crippen LogP contribution in [-0.4, -0.2) is 25.4 Å². The molecule has 0 aliphatic rings. The maximum Gasteiger partial charge on any atom is 0.119 e. The summed E-state index contributed by atoms with van der Waals surface area (Å²) in [5, 5.41) is 11.5. The highest BCUT2D eigenvalue weighted by Gasteiger charge is 2.24. The molecule has 0 aliphatic heterocycles. The molecule has 0 aliphatic carbocycles. The summed E-state index contributed by atoms with van der Waals surface area (Å²) in [5.74, 6) is 0.859. The zero-order valence-electron chi connectivity index (χ0n) is 11.5. The minimum absolute atomic E-state index is 0.147. The molecule has 3 N–H and O–H groups in total. The lowest BCUT2D eigenvalue weighted by Gasteiger charge is -2.28. The number of ether oxygens (including phenoxy) is 1. The Hall–Kier alpha value is -1.58. The van der Waals surface area contributed by atoms with Crippen LogP contribution in [0.2, 0.25) is 0 Å². The molecule has 0 bridgehead atoms. The van der Waals surface area contributed by atoms with Crippen LogP contribution in [0.5, 0.6) is 5.75 Å². The second-order valence-corrected chi connectivity index (χ2v) is 5.17. The van der Waals surface area contributed by atoms with Gasteiger partial charge in [0.25, 0.3) is 0 Å². The normalized spacial score (nSPS) is 14.3. The lowest BCUT2D eigenvalue weighted by Crippen LogP contribution is -2.32. The molecule has 19 heavy (non-hydrogen) atoms. The maximum atomic E-state index is 9.20. The Kier molecular flexibility index (Phi) is 4.08. The van der Waals surface area contributed by atoms with Crippen molar-refractivity contribution in [3.63, 3.8) is 0 Å². The Bertz CT molecular complexity index is 568. The van der Waals surface area contributed by atoms with E-state index in [1.54, 1.807) is 7.11 Å². The third-order valence-electron chi connectivity index (χ3n) is 3.86. The van der Waals surface area contributed by atoms with Gasteiger partial charge >= 0.3 is 0 Å². The first-order valence-corrected chi connectivity index (χ1v) is 6.52. The molecule has 0 spiro atoms. The summed E-state index contributed by atoms with van der Waals surface area (Å²) >= 11 is 0. The Morgan fingerprint density at radius 1 is 1.16 bits per heavy atom. The molecule has 0 fully saturated rings. The molecule has 1 unspecified atom stereocenters. The van der Waals surface area contributed by atoms with Crippen molar-refractivity contribution in [3.8, 4) is 5.75 Å². The predicted molar refractivity (Wildman–Crippen MR) is 78.6 cm³/mol. The highest BCUT2D eigenvalue weighted by Crippen LogP contribution is 2.30. The van der Waals surface area contributed by atoms with Gasteiger partial charge < -0.3 is 15.6 Å².